The first-order valence-electron chi connectivity index (χ1n) is 5.36. The van der Waals surface area contributed by atoms with Gasteiger partial charge < -0.3 is 10.1 Å². The Morgan fingerprint density at radius 2 is 1.82 bits per heavy atom. The van der Waals surface area contributed by atoms with E-state index in [0.717, 1.165) is 16.8 Å². The molecule has 1 N–H and O–H groups in total. The molecule has 0 aliphatic rings. The molecule has 0 saturated carbocycles. The fraction of sp³-hybridized carbons (Fsp3) is 0.143. The SMILES string of the molecule is CNc1cccc(-c2ccc(OC)c(F)c2)c1. The lowest BCUT2D eigenvalue weighted by Gasteiger charge is -2.07. The molecule has 2 rings (SSSR count). The summed E-state index contributed by atoms with van der Waals surface area (Å²) in [5.41, 5.74) is 2.80. The molecule has 3 heteroatoms. The molecule has 0 radical (unpaired) electrons. The van der Waals surface area contributed by atoms with Crippen LogP contribution >= 0.6 is 0 Å². The quantitative estimate of drug-likeness (QED) is 0.872. The van der Waals surface area contributed by atoms with Gasteiger partial charge >= 0.3 is 0 Å². The number of hydrogen-bond acceptors (Lipinski definition) is 2. The third-order valence-electron chi connectivity index (χ3n) is 2.64. The molecular formula is C14H14FNO. The van der Waals surface area contributed by atoms with Gasteiger partial charge in [-0.25, -0.2) is 4.39 Å². The molecule has 0 atom stereocenters. The lowest BCUT2D eigenvalue weighted by atomic mass is 10.0. The van der Waals surface area contributed by atoms with E-state index < -0.39 is 0 Å². The Morgan fingerprint density at radius 3 is 2.47 bits per heavy atom. The van der Waals surface area contributed by atoms with E-state index in [4.69, 9.17) is 4.74 Å². The average molecular weight is 231 g/mol. The fourth-order valence-electron chi connectivity index (χ4n) is 1.70. The zero-order valence-corrected chi connectivity index (χ0v) is 9.83. The highest BCUT2D eigenvalue weighted by molar-refractivity contribution is 5.68. The molecule has 0 aliphatic heterocycles. The number of halogens is 1. The minimum atomic E-state index is -0.347. The van der Waals surface area contributed by atoms with Crippen LogP contribution in [0.5, 0.6) is 5.75 Å². The number of benzene rings is 2. The summed E-state index contributed by atoms with van der Waals surface area (Å²) in [5, 5.41) is 3.06. The third-order valence-corrected chi connectivity index (χ3v) is 2.64. The number of ether oxygens (including phenoxy) is 1. The summed E-state index contributed by atoms with van der Waals surface area (Å²) in [6.07, 6.45) is 0. The fourth-order valence-corrected chi connectivity index (χ4v) is 1.70. The molecule has 17 heavy (non-hydrogen) atoms. The van der Waals surface area contributed by atoms with Crippen LogP contribution in [0.15, 0.2) is 42.5 Å². The molecule has 0 aromatic heterocycles. The van der Waals surface area contributed by atoms with Crippen LogP contribution in [0.2, 0.25) is 0 Å². The summed E-state index contributed by atoms with van der Waals surface area (Å²) in [6.45, 7) is 0. The number of methoxy groups -OCH3 is 1. The standard InChI is InChI=1S/C14H14FNO/c1-16-12-5-3-4-10(8-12)11-6-7-14(17-2)13(15)9-11/h3-9,16H,1-2H3. The highest BCUT2D eigenvalue weighted by atomic mass is 19.1. The Kier molecular flexibility index (Phi) is 3.28. The van der Waals surface area contributed by atoms with Gasteiger partial charge in [0.1, 0.15) is 0 Å². The molecule has 0 saturated heterocycles. The van der Waals surface area contributed by atoms with Gasteiger partial charge in [-0.05, 0) is 35.4 Å². The normalized spacial score (nSPS) is 10.1. The van der Waals surface area contributed by atoms with Gasteiger partial charge in [-0.15, -0.1) is 0 Å². The molecular weight excluding hydrogens is 217 g/mol. The van der Waals surface area contributed by atoms with E-state index in [1.807, 2.05) is 37.4 Å². The van der Waals surface area contributed by atoms with Gasteiger partial charge in [0.2, 0.25) is 0 Å². The summed E-state index contributed by atoms with van der Waals surface area (Å²) in [5.74, 6) is -0.0848. The maximum atomic E-state index is 13.6. The van der Waals surface area contributed by atoms with Crippen LogP contribution in [-0.4, -0.2) is 14.2 Å². The van der Waals surface area contributed by atoms with Gasteiger partial charge in [0.25, 0.3) is 0 Å². The van der Waals surface area contributed by atoms with Crippen molar-refractivity contribution in [1.29, 1.82) is 0 Å². The topological polar surface area (TPSA) is 21.3 Å². The lowest BCUT2D eigenvalue weighted by Crippen LogP contribution is -1.90. The molecule has 0 unspecified atom stereocenters. The zero-order chi connectivity index (χ0) is 12.3. The van der Waals surface area contributed by atoms with Crippen molar-refractivity contribution in [2.24, 2.45) is 0 Å². The first-order chi connectivity index (χ1) is 8.24. The molecule has 88 valence electrons. The molecule has 2 aromatic carbocycles. The summed E-state index contributed by atoms with van der Waals surface area (Å²) >= 11 is 0. The average Bonchev–Trinajstić information content (AvgIpc) is 2.38. The molecule has 0 heterocycles. The van der Waals surface area contributed by atoms with Crippen LogP contribution in [0.4, 0.5) is 10.1 Å². The predicted octanol–water partition coefficient (Wildman–Crippen LogP) is 3.54. The van der Waals surface area contributed by atoms with E-state index in [1.165, 1.54) is 13.2 Å². The van der Waals surface area contributed by atoms with E-state index in [9.17, 15) is 4.39 Å². The molecule has 0 bridgehead atoms. The Hall–Kier alpha value is -2.03. The minimum Gasteiger partial charge on any atom is -0.494 e. The van der Waals surface area contributed by atoms with E-state index in [0.29, 0.717) is 0 Å². The predicted molar refractivity (Wildman–Crippen MR) is 67.9 cm³/mol. The van der Waals surface area contributed by atoms with Crippen molar-refractivity contribution in [1.82, 2.24) is 0 Å². The van der Waals surface area contributed by atoms with Crippen molar-refractivity contribution >= 4 is 5.69 Å². The second-order valence-corrected chi connectivity index (χ2v) is 3.68. The van der Waals surface area contributed by atoms with Crippen molar-refractivity contribution in [3.05, 3.63) is 48.3 Å². The minimum absolute atomic E-state index is 0.263. The maximum absolute atomic E-state index is 13.6. The van der Waals surface area contributed by atoms with E-state index in [1.54, 1.807) is 6.07 Å². The van der Waals surface area contributed by atoms with Crippen molar-refractivity contribution in [2.45, 2.75) is 0 Å². The zero-order valence-electron chi connectivity index (χ0n) is 9.83. The van der Waals surface area contributed by atoms with Gasteiger partial charge in [0, 0.05) is 12.7 Å². The first kappa shape index (κ1) is 11.5. The molecule has 0 spiro atoms. The molecule has 0 aliphatic carbocycles. The van der Waals surface area contributed by atoms with Crippen molar-refractivity contribution in [2.75, 3.05) is 19.5 Å². The van der Waals surface area contributed by atoms with Crippen LogP contribution in [0.25, 0.3) is 11.1 Å². The Balaban J connectivity index is 2.42. The largest absolute Gasteiger partial charge is 0.494 e. The first-order valence-corrected chi connectivity index (χ1v) is 5.36. The molecule has 0 fully saturated rings. The maximum Gasteiger partial charge on any atom is 0.165 e. The number of rotatable bonds is 3. The second kappa shape index (κ2) is 4.87. The summed E-state index contributed by atoms with van der Waals surface area (Å²) in [7, 11) is 3.31. The Labute approximate surface area is 100 Å². The second-order valence-electron chi connectivity index (χ2n) is 3.68. The smallest absolute Gasteiger partial charge is 0.165 e. The van der Waals surface area contributed by atoms with Crippen LogP contribution in [0, 0.1) is 5.82 Å². The highest BCUT2D eigenvalue weighted by Gasteiger charge is 2.05. The highest BCUT2D eigenvalue weighted by Crippen LogP contribution is 2.26. The van der Waals surface area contributed by atoms with Gasteiger partial charge in [-0.1, -0.05) is 18.2 Å². The van der Waals surface area contributed by atoms with E-state index in [2.05, 4.69) is 5.32 Å². The Morgan fingerprint density at radius 1 is 1.06 bits per heavy atom. The Bertz CT molecular complexity index is 525. The summed E-state index contributed by atoms with van der Waals surface area (Å²) in [4.78, 5) is 0. The van der Waals surface area contributed by atoms with E-state index in [-0.39, 0.29) is 11.6 Å². The third kappa shape index (κ3) is 2.38. The van der Waals surface area contributed by atoms with Crippen LogP contribution in [0.3, 0.4) is 0 Å². The van der Waals surface area contributed by atoms with Crippen molar-refractivity contribution in [3.8, 4) is 16.9 Å². The summed E-state index contributed by atoms with van der Waals surface area (Å²) in [6, 6.07) is 12.8. The van der Waals surface area contributed by atoms with Crippen LogP contribution in [0.1, 0.15) is 0 Å². The van der Waals surface area contributed by atoms with E-state index >= 15 is 0 Å². The van der Waals surface area contributed by atoms with Gasteiger partial charge in [-0.2, -0.15) is 0 Å². The molecule has 0 amide bonds. The number of anilines is 1. The van der Waals surface area contributed by atoms with Gasteiger partial charge in [-0.3, -0.25) is 0 Å². The lowest BCUT2D eigenvalue weighted by molar-refractivity contribution is 0.386. The van der Waals surface area contributed by atoms with Crippen molar-refractivity contribution in [3.63, 3.8) is 0 Å². The monoisotopic (exact) mass is 231 g/mol. The van der Waals surface area contributed by atoms with Gasteiger partial charge in [0.05, 0.1) is 7.11 Å². The number of hydrogen-bond donors (Lipinski definition) is 1. The van der Waals surface area contributed by atoms with Crippen LogP contribution < -0.4 is 10.1 Å². The molecule has 2 nitrogen and oxygen atoms in total. The summed E-state index contributed by atoms with van der Waals surface area (Å²) < 4.78 is 18.5. The van der Waals surface area contributed by atoms with Crippen molar-refractivity contribution < 1.29 is 9.13 Å². The van der Waals surface area contributed by atoms with Gasteiger partial charge in [0.15, 0.2) is 11.6 Å². The number of nitrogens with one attached hydrogen (secondary N) is 1. The molecule has 2 aromatic rings. The van der Waals surface area contributed by atoms with Crippen LogP contribution in [-0.2, 0) is 0 Å².